The fourth-order valence-electron chi connectivity index (χ4n) is 2.42. The molecule has 0 aromatic heterocycles. The summed E-state index contributed by atoms with van der Waals surface area (Å²) in [5.41, 5.74) is 10.5. The highest BCUT2D eigenvalue weighted by Gasteiger charge is 2.17. The molecule has 0 unspecified atom stereocenters. The highest BCUT2D eigenvalue weighted by atomic mass is 35.5. The molecule has 16 heavy (non-hydrogen) atoms. The number of benzene rings is 1. The van der Waals surface area contributed by atoms with E-state index >= 15 is 0 Å². The molecule has 1 fully saturated rings. The van der Waals surface area contributed by atoms with Gasteiger partial charge in [0, 0.05) is 18.1 Å². The largest absolute Gasteiger partial charge is 0.397 e. The minimum atomic E-state index is 0.774. The average Bonchev–Trinajstić information content (AvgIpc) is 2.28. The van der Waals surface area contributed by atoms with Gasteiger partial charge in [0.05, 0.1) is 11.4 Å². The molecule has 0 spiro atoms. The van der Waals surface area contributed by atoms with Crippen LogP contribution in [0.4, 0.5) is 11.4 Å². The van der Waals surface area contributed by atoms with Crippen LogP contribution in [0.3, 0.4) is 0 Å². The van der Waals surface area contributed by atoms with Gasteiger partial charge in [-0.25, -0.2) is 0 Å². The maximum Gasteiger partial charge on any atom is 0.0633 e. The molecule has 1 aromatic rings. The molecule has 1 aliphatic heterocycles. The lowest BCUT2D eigenvalue weighted by molar-refractivity contribution is 0.577. The van der Waals surface area contributed by atoms with E-state index in [2.05, 4.69) is 18.7 Å². The van der Waals surface area contributed by atoms with Crippen molar-refractivity contribution in [1.82, 2.24) is 0 Å². The zero-order valence-corrected chi connectivity index (χ0v) is 10.8. The van der Waals surface area contributed by atoms with Crippen molar-refractivity contribution in [2.75, 3.05) is 23.7 Å². The maximum atomic E-state index is 6.13. The first kappa shape index (κ1) is 11.6. The van der Waals surface area contributed by atoms with Crippen LogP contribution in [0.5, 0.6) is 0 Å². The maximum absolute atomic E-state index is 6.13. The number of piperidine rings is 1. The average molecular weight is 239 g/mol. The molecule has 2 nitrogen and oxygen atoms in total. The quantitative estimate of drug-likeness (QED) is 0.759. The summed E-state index contributed by atoms with van der Waals surface area (Å²) in [6, 6.07) is 1.88. The van der Waals surface area contributed by atoms with Gasteiger partial charge in [-0.1, -0.05) is 11.6 Å². The molecule has 2 N–H and O–H groups in total. The van der Waals surface area contributed by atoms with Gasteiger partial charge in [0.2, 0.25) is 0 Å². The Bertz CT molecular complexity index is 395. The molecule has 1 saturated heterocycles. The Morgan fingerprint density at radius 2 is 1.75 bits per heavy atom. The van der Waals surface area contributed by atoms with E-state index in [0.717, 1.165) is 29.4 Å². The summed E-state index contributed by atoms with van der Waals surface area (Å²) in [4.78, 5) is 2.40. The van der Waals surface area contributed by atoms with Crippen molar-refractivity contribution < 1.29 is 0 Å². The Morgan fingerprint density at radius 1 is 1.12 bits per heavy atom. The van der Waals surface area contributed by atoms with Crippen LogP contribution in [0.1, 0.15) is 30.4 Å². The van der Waals surface area contributed by atoms with E-state index in [-0.39, 0.29) is 0 Å². The van der Waals surface area contributed by atoms with Crippen molar-refractivity contribution in [1.29, 1.82) is 0 Å². The van der Waals surface area contributed by atoms with Gasteiger partial charge in [-0.3, -0.25) is 0 Å². The fraction of sp³-hybridized carbons (Fsp3) is 0.538. The van der Waals surface area contributed by atoms with Crippen LogP contribution in [0.2, 0.25) is 5.02 Å². The molecule has 1 aromatic carbocycles. The van der Waals surface area contributed by atoms with Crippen molar-refractivity contribution in [3.63, 3.8) is 0 Å². The summed E-state index contributed by atoms with van der Waals surface area (Å²) in [5, 5.41) is 0.774. The van der Waals surface area contributed by atoms with E-state index in [1.807, 2.05) is 6.07 Å². The number of hydrogen-bond acceptors (Lipinski definition) is 2. The Labute approximate surface area is 102 Å². The molecule has 0 radical (unpaired) electrons. The Kier molecular flexibility index (Phi) is 3.29. The predicted octanol–water partition coefficient (Wildman–Crippen LogP) is 3.53. The number of rotatable bonds is 1. The van der Waals surface area contributed by atoms with Crippen LogP contribution < -0.4 is 10.6 Å². The molecule has 3 heteroatoms. The third-order valence-electron chi connectivity index (χ3n) is 3.50. The van der Waals surface area contributed by atoms with Crippen LogP contribution >= 0.6 is 11.6 Å². The van der Waals surface area contributed by atoms with Crippen LogP contribution in [0, 0.1) is 13.8 Å². The van der Waals surface area contributed by atoms with Gasteiger partial charge < -0.3 is 10.6 Å². The second kappa shape index (κ2) is 4.54. The standard InChI is InChI=1S/C13H19ClN2/c1-9-10(2)13(12(15)8-11(9)14)16-6-4-3-5-7-16/h8H,3-7,15H2,1-2H3. The second-order valence-corrected chi connectivity index (χ2v) is 5.00. The van der Waals surface area contributed by atoms with Gasteiger partial charge >= 0.3 is 0 Å². The Balaban J connectivity index is 2.42. The fourth-order valence-corrected chi connectivity index (χ4v) is 2.68. The summed E-state index contributed by atoms with van der Waals surface area (Å²) in [6.07, 6.45) is 3.86. The number of hydrogen-bond donors (Lipinski definition) is 1. The first-order valence-electron chi connectivity index (χ1n) is 5.91. The molecule has 0 atom stereocenters. The highest BCUT2D eigenvalue weighted by molar-refractivity contribution is 6.32. The van der Waals surface area contributed by atoms with Gasteiger partial charge in [-0.15, -0.1) is 0 Å². The number of nitrogen functional groups attached to an aromatic ring is 1. The van der Waals surface area contributed by atoms with Crippen LogP contribution in [-0.2, 0) is 0 Å². The lowest BCUT2D eigenvalue weighted by atomic mass is 10.0. The predicted molar refractivity (Wildman–Crippen MR) is 71.4 cm³/mol. The molecule has 0 amide bonds. The summed E-state index contributed by atoms with van der Waals surface area (Å²) >= 11 is 6.13. The summed E-state index contributed by atoms with van der Waals surface area (Å²) in [5.74, 6) is 0. The third-order valence-corrected chi connectivity index (χ3v) is 3.90. The monoisotopic (exact) mass is 238 g/mol. The second-order valence-electron chi connectivity index (χ2n) is 4.59. The van der Waals surface area contributed by atoms with Crippen molar-refractivity contribution in [3.05, 3.63) is 22.2 Å². The SMILES string of the molecule is Cc1c(Cl)cc(N)c(N2CCCCC2)c1C. The minimum absolute atomic E-state index is 0.774. The van der Waals surface area contributed by atoms with E-state index < -0.39 is 0 Å². The van der Waals surface area contributed by atoms with Crippen molar-refractivity contribution in [2.24, 2.45) is 0 Å². The van der Waals surface area contributed by atoms with Crippen molar-refractivity contribution in [2.45, 2.75) is 33.1 Å². The molecule has 0 bridgehead atoms. The van der Waals surface area contributed by atoms with Crippen LogP contribution in [0.15, 0.2) is 6.07 Å². The van der Waals surface area contributed by atoms with Gasteiger partial charge in [-0.05, 0) is 50.3 Å². The molecule has 1 aliphatic rings. The van der Waals surface area contributed by atoms with Crippen molar-refractivity contribution >= 4 is 23.0 Å². The number of anilines is 2. The molecule has 0 saturated carbocycles. The summed E-state index contributed by atoms with van der Waals surface area (Å²) in [6.45, 7) is 6.41. The molecule has 0 aliphatic carbocycles. The smallest absolute Gasteiger partial charge is 0.0633 e. The Hall–Kier alpha value is -0.890. The van der Waals surface area contributed by atoms with E-state index in [1.165, 1.54) is 30.5 Å². The van der Waals surface area contributed by atoms with Crippen LogP contribution in [0.25, 0.3) is 0 Å². The molecular weight excluding hydrogens is 220 g/mol. The minimum Gasteiger partial charge on any atom is -0.397 e. The highest BCUT2D eigenvalue weighted by Crippen LogP contribution is 2.35. The lowest BCUT2D eigenvalue weighted by Crippen LogP contribution is -2.30. The molecular formula is C13H19ClN2. The van der Waals surface area contributed by atoms with Gasteiger partial charge in [0.25, 0.3) is 0 Å². The van der Waals surface area contributed by atoms with E-state index in [9.17, 15) is 0 Å². The van der Waals surface area contributed by atoms with E-state index in [1.54, 1.807) is 0 Å². The van der Waals surface area contributed by atoms with Crippen LogP contribution in [-0.4, -0.2) is 13.1 Å². The zero-order valence-electron chi connectivity index (χ0n) is 10.0. The van der Waals surface area contributed by atoms with Gasteiger partial charge in [-0.2, -0.15) is 0 Å². The van der Waals surface area contributed by atoms with Crippen molar-refractivity contribution in [3.8, 4) is 0 Å². The summed E-state index contributed by atoms with van der Waals surface area (Å²) in [7, 11) is 0. The topological polar surface area (TPSA) is 29.3 Å². The van der Waals surface area contributed by atoms with E-state index in [0.29, 0.717) is 0 Å². The molecule has 1 heterocycles. The summed E-state index contributed by atoms with van der Waals surface area (Å²) < 4.78 is 0. The first-order valence-corrected chi connectivity index (χ1v) is 6.29. The van der Waals surface area contributed by atoms with Gasteiger partial charge in [0.1, 0.15) is 0 Å². The number of halogens is 1. The van der Waals surface area contributed by atoms with Gasteiger partial charge in [0.15, 0.2) is 0 Å². The lowest BCUT2D eigenvalue weighted by Gasteiger charge is -2.32. The van der Waals surface area contributed by atoms with E-state index in [4.69, 9.17) is 17.3 Å². The molecule has 2 rings (SSSR count). The Morgan fingerprint density at radius 3 is 2.38 bits per heavy atom. The zero-order chi connectivity index (χ0) is 11.7. The number of nitrogens with zero attached hydrogens (tertiary/aromatic N) is 1. The number of nitrogens with two attached hydrogens (primary N) is 1. The normalized spacial score (nSPS) is 16.6. The molecule has 88 valence electrons. The third kappa shape index (κ3) is 1.99. The first-order chi connectivity index (χ1) is 7.61.